The number of hydrogen-bond acceptors (Lipinski definition) is 4. The number of pyridine rings is 1. The van der Waals surface area contributed by atoms with Crippen molar-refractivity contribution in [3.8, 4) is 56.2 Å². The number of furan rings is 1. The number of rotatable bonds is 5. The first-order valence-corrected chi connectivity index (χ1v) is 15.7. The maximum absolute atomic E-state index is 6.58. The second-order valence-electron chi connectivity index (χ2n) is 11.6. The zero-order valence-electron chi connectivity index (χ0n) is 25.3. The van der Waals surface area contributed by atoms with Gasteiger partial charge in [-0.15, -0.1) is 0 Å². The standard InChI is InChI=1S/C43H27N3O/c1-3-14-28(15-4-1)30-18-13-19-31(26-30)37-27-38(46-43(45-37)29-16-5-2-6-17-29)32-20-7-8-21-33(32)40-34-22-9-11-24-36(34)44-41-35-23-10-12-25-39(35)47-42(40)41/h1-27H. The molecule has 0 aliphatic heterocycles. The second-order valence-corrected chi connectivity index (χ2v) is 11.6. The average Bonchev–Trinajstić information content (AvgIpc) is 3.52. The molecular weight excluding hydrogens is 574 g/mol. The monoisotopic (exact) mass is 601 g/mol. The summed E-state index contributed by atoms with van der Waals surface area (Å²) >= 11 is 0. The van der Waals surface area contributed by atoms with Crippen molar-refractivity contribution in [2.45, 2.75) is 0 Å². The Bertz CT molecular complexity index is 2570. The summed E-state index contributed by atoms with van der Waals surface area (Å²) in [6, 6.07) is 56.1. The minimum absolute atomic E-state index is 0.673. The highest BCUT2D eigenvalue weighted by atomic mass is 16.3. The topological polar surface area (TPSA) is 51.8 Å². The molecule has 0 N–H and O–H groups in total. The highest BCUT2D eigenvalue weighted by molar-refractivity contribution is 6.16. The van der Waals surface area contributed by atoms with E-state index in [2.05, 4.69) is 115 Å². The molecule has 0 spiro atoms. The lowest BCUT2D eigenvalue weighted by molar-refractivity contribution is 0.670. The molecule has 0 atom stereocenters. The first kappa shape index (κ1) is 27.0. The SMILES string of the molecule is c1ccc(-c2cccc(-c3cc(-c4ccccc4-c4c5ccccc5nc5c4oc4ccccc45)nc(-c4ccccc4)n3)c2)cc1. The third-order valence-electron chi connectivity index (χ3n) is 8.70. The van der Waals surface area contributed by atoms with Crippen molar-refractivity contribution < 1.29 is 4.42 Å². The molecule has 3 aromatic heterocycles. The molecule has 9 rings (SSSR count). The Balaban J connectivity index is 1.31. The third-order valence-corrected chi connectivity index (χ3v) is 8.70. The summed E-state index contributed by atoms with van der Waals surface area (Å²) in [5.41, 5.74) is 12.4. The lowest BCUT2D eigenvalue weighted by Gasteiger charge is -2.15. The van der Waals surface area contributed by atoms with E-state index in [-0.39, 0.29) is 0 Å². The molecule has 0 saturated heterocycles. The van der Waals surface area contributed by atoms with Crippen LogP contribution in [0.3, 0.4) is 0 Å². The smallest absolute Gasteiger partial charge is 0.162 e. The molecule has 0 radical (unpaired) electrons. The van der Waals surface area contributed by atoms with E-state index in [9.17, 15) is 0 Å². The number of aromatic nitrogens is 3. The van der Waals surface area contributed by atoms with Crippen LogP contribution in [0.5, 0.6) is 0 Å². The van der Waals surface area contributed by atoms with Crippen molar-refractivity contribution in [1.82, 2.24) is 15.0 Å². The molecule has 47 heavy (non-hydrogen) atoms. The second kappa shape index (κ2) is 11.2. The molecule has 220 valence electrons. The first-order chi connectivity index (χ1) is 23.3. The van der Waals surface area contributed by atoms with Gasteiger partial charge in [0, 0.05) is 33.0 Å². The van der Waals surface area contributed by atoms with Gasteiger partial charge in [0.1, 0.15) is 11.1 Å². The molecule has 0 fully saturated rings. The number of benzene rings is 6. The molecule has 0 aliphatic carbocycles. The Morgan fingerprint density at radius 1 is 0.404 bits per heavy atom. The average molecular weight is 602 g/mol. The zero-order valence-corrected chi connectivity index (χ0v) is 25.3. The van der Waals surface area contributed by atoms with Gasteiger partial charge in [0.25, 0.3) is 0 Å². The Kier molecular flexibility index (Phi) is 6.43. The minimum atomic E-state index is 0.673. The van der Waals surface area contributed by atoms with E-state index in [0.29, 0.717) is 5.82 Å². The van der Waals surface area contributed by atoms with E-state index in [1.165, 1.54) is 0 Å². The lowest BCUT2D eigenvalue weighted by Crippen LogP contribution is -1.97. The summed E-state index contributed by atoms with van der Waals surface area (Å²) < 4.78 is 6.58. The molecule has 0 unspecified atom stereocenters. The molecule has 0 saturated carbocycles. The van der Waals surface area contributed by atoms with Gasteiger partial charge in [0.2, 0.25) is 0 Å². The van der Waals surface area contributed by atoms with Crippen LogP contribution in [-0.2, 0) is 0 Å². The Labute approximate surface area is 271 Å². The highest BCUT2D eigenvalue weighted by Gasteiger charge is 2.21. The van der Waals surface area contributed by atoms with Crippen LogP contribution < -0.4 is 0 Å². The van der Waals surface area contributed by atoms with E-state index >= 15 is 0 Å². The summed E-state index contributed by atoms with van der Waals surface area (Å²) in [4.78, 5) is 15.4. The summed E-state index contributed by atoms with van der Waals surface area (Å²) in [5.74, 6) is 0.673. The van der Waals surface area contributed by atoms with Crippen molar-refractivity contribution in [2.75, 3.05) is 0 Å². The van der Waals surface area contributed by atoms with Crippen LogP contribution >= 0.6 is 0 Å². The summed E-state index contributed by atoms with van der Waals surface area (Å²) in [6.45, 7) is 0. The van der Waals surface area contributed by atoms with Crippen LogP contribution in [-0.4, -0.2) is 15.0 Å². The van der Waals surface area contributed by atoms with Crippen molar-refractivity contribution in [1.29, 1.82) is 0 Å². The van der Waals surface area contributed by atoms with Crippen molar-refractivity contribution in [3.05, 3.63) is 164 Å². The van der Waals surface area contributed by atoms with Crippen molar-refractivity contribution in [3.63, 3.8) is 0 Å². The Morgan fingerprint density at radius 2 is 1.02 bits per heavy atom. The van der Waals surface area contributed by atoms with E-state index in [4.69, 9.17) is 19.4 Å². The fourth-order valence-electron chi connectivity index (χ4n) is 6.47. The maximum Gasteiger partial charge on any atom is 0.162 e. The molecule has 6 aromatic carbocycles. The van der Waals surface area contributed by atoms with Crippen LogP contribution in [0.1, 0.15) is 0 Å². The molecule has 9 aromatic rings. The van der Waals surface area contributed by atoms with Gasteiger partial charge in [0.05, 0.1) is 16.9 Å². The van der Waals surface area contributed by atoms with Gasteiger partial charge in [0.15, 0.2) is 11.4 Å². The van der Waals surface area contributed by atoms with Crippen LogP contribution in [0.2, 0.25) is 0 Å². The van der Waals surface area contributed by atoms with Crippen molar-refractivity contribution in [2.24, 2.45) is 0 Å². The largest absolute Gasteiger partial charge is 0.454 e. The minimum Gasteiger partial charge on any atom is -0.454 e. The molecular formula is C43H27N3O. The quantitative estimate of drug-likeness (QED) is 0.197. The Hall–Kier alpha value is -6.39. The number of hydrogen-bond donors (Lipinski definition) is 0. The van der Waals surface area contributed by atoms with Crippen LogP contribution in [0.15, 0.2) is 168 Å². The molecule has 3 heterocycles. The predicted molar refractivity (Wildman–Crippen MR) is 192 cm³/mol. The van der Waals surface area contributed by atoms with Gasteiger partial charge in [-0.2, -0.15) is 0 Å². The number of para-hydroxylation sites is 2. The molecule has 4 nitrogen and oxygen atoms in total. The van der Waals surface area contributed by atoms with Gasteiger partial charge in [-0.1, -0.05) is 133 Å². The Morgan fingerprint density at radius 3 is 1.85 bits per heavy atom. The first-order valence-electron chi connectivity index (χ1n) is 15.7. The van der Waals surface area contributed by atoms with E-state index < -0.39 is 0 Å². The van der Waals surface area contributed by atoms with Crippen LogP contribution in [0, 0.1) is 0 Å². The summed E-state index contributed by atoms with van der Waals surface area (Å²) in [6.07, 6.45) is 0. The predicted octanol–water partition coefficient (Wildman–Crippen LogP) is 11.3. The molecule has 0 bridgehead atoms. The van der Waals surface area contributed by atoms with Crippen LogP contribution in [0.25, 0.3) is 89.1 Å². The summed E-state index contributed by atoms with van der Waals surface area (Å²) in [5, 5.41) is 2.03. The zero-order chi connectivity index (χ0) is 31.2. The molecule has 4 heteroatoms. The van der Waals surface area contributed by atoms with Gasteiger partial charge < -0.3 is 4.42 Å². The van der Waals surface area contributed by atoms with E-state index in [0.717, 1.165) is 83.3 Å². The highest BCUT2D eigenvalue weighted by Crippen LogP contribution is 2.43. The molecule has 0 aliphatic rings. The van der Waals surface area contributed by atoms with Gasteiger partial charge >= 0.3 is 0 Å². The maximum atomic E-state index is 6.58. The van der Waals surface area contributed by atoms with Crippen molar-refractivity contribution >= 4 is 33.0 Å². The lowest BCUT2D eigenvalue weighted by atomic mass is 9.93. The molecule has 0 amide bonds. The summed E-state index contributed by atoms with van der Waals surface area (Å²) in [7, 11) is 0. The third kappa shape index (κ3) is 4.75. The number of nitrogens with zero attached hydrogens (tertiary/aromatic N) is 3. The fourth-order valence-corrected chi connectivity index (χ4v) is 6.47. The normalized spacial score (nSPS) is 11.4. The van der Waals surface area contributed by atoms with Gasteiger partial charge in [-0.25, -0.2) is 15.0 Å². The van der Waals surface area contributed by atoms with Gasteiger partial charge in [-0.3, -0.25) is 0 Å². The van der Waals surface area contributed by atoms with Crippen LogP contribution in [0.4, 0.5) is 0 Å². The van der Waals surface area contributed by atoms with E-state index in [1.54, 1.807) is 0 Å². The van der Waals surface area contributed by atoms with E-state index in [1.807, 2.05) is 48.5 Å². The number of fused-ring (bicyclic) bond motifs is 4. The fraction of sp³-hybridized carbons (Fsp3) is 0. The van der Waals surface area contributed by atoms with Gasteiger partial charge in [-0.05, 0) is 47.0 Å².